The van der Waals surface area contributed by atoms with Crippen LogP contribution in [0.1, 0.15) is 50.3 Å². The Morgan fingerprint density at radius 1 is 1.25 bits per heavy atom. The van der Waals surface area contributed by atoms with Crippen molar-refractivity contribution in [3.63, 3.8) is 0 Å². The number of likely N-dealkylation sites (N-methyl/N-ethyl adjacent to an activating group) is 1. The molecule has 1 aromatic rings. The van der Waals surface area contributed by atoms with E-state index in [1.807, 2.05) is 13.1 Å². The van der Waals surface area contributed by atoms with Crippen molar-refractivity contribution in [1.82, 2.24) is 5.32 Å². The topological polar surface area (TPSA) is 25.2 Å². The SMILES string of the molecule is CNC(/C1=C/CCCCCC1)c1ccco1. The Morgan fingerprint density at radius 3 is 2.88 bits per heavy atom. The minimum atomic E-state index is 0.271. The van der Waals surface area contributed by atoms with Gasteiger partial charge in [0, 0.05) is 0 Å². The van der Waals surface area contributed by atoms with E-state index in [0.717, 1.165) is 5.76 Å². The molecule has 0 spiro atoms. The third kappa shape index (κ3) is 2.76. The number of furan rings is 1. The van der Waals surface area contributed by atoms with Gasteiger partial charge in [-0.1, -0.05) is 18.9 Å². The molecule has 88 valence electrons. The third-order valence-corrected chi connectivity index (χ3v) is 3.31. The standard InChI is InChI=1S/C14H21NO/c1-15-14(13-10-7-11-16-13)12-8-5-3-2-4-6-9-12/h7-8,10-11,14-15H,2-6,9H2,1H3/b12-8+. The highest BCUT2D eigenvalue weighted by Crippen LogP contribution is 2.28. The first-order chi connectivity index (χ1) is 7.92. The zero-order chi connectivity index (χ0) is 11.2. The second-order valence-corrected chi connectivity index (χ2v) is 4.47. The molecule has 1 atom stereocenters. The molecule has 0 amide bonds. The Kier molecular flexibility index (Phi) is 4.23. The van der Waals surface area contributed by atoms with Crippen LogP contribution < -0.4 is 5.32 Å². The molecule has 1 N–H and O–H groups in total. The first-order valence-electron chi connectivity index (χ1n) is 6.31. The molecule has 0 fully saturated rings. The molecule has 0 aromatic carbocycles. The van der Waals surface area contributed by atoms with Crippen molar-refractivity contribution in [3.05, 3.63) is 35.8 Å². The number of nitrogens with one attached hydrogen (secondary N) is 1. The summed E-state index contributed by atoms with van der Waals surface area (Å²) in [5.74, 6) is 1.04. The lowest BCUT2D eigenvalue weighted by molar-refractivity contribution is 0.448. The highest BCUT2D eigenvalue weighted by molar-refractivity contribution is 5.20. The van der Waals surface area contributed by atoms with Gasteiger partial charge in [0.2, 0.25) is 0 Å². The summed E-state index contributed by atoms with van der Waals surface area (Å²) >= 11 is 0. The van der Waals surface area contributed by atoms with Crippen molar-refractivity contribution >= 4 is 0 Å². The van der Waals surface area contributed by atoms with Crippen LogP contribution in [0.4, 0.5) is 0 Å². The van der Waals surface area contributed by atoms with Crippen LogP contribution in [0.2, 0.25) is 0 Å². The Balaban J connectivity index is 2.12. The Bertz CT molecular complexity index is 327. The van der Waals surface area contributed by atoms with Crippen LogP contribution >= 0.6 is 0 Å². The van der Waals surface area contributed by atoms with Crippen LogP contribution in [0.15, 0.2) is 34.5 Å². The van der Waals surface area contributed by atoms with E-state index >= 15 is 0 Å². The first kappa shape index (κ1) is 11.5. The van der Waals surface area contributed by atoms with Crippen molar-refractivity contribution in [1.29, 1.82) is 0 Å². The zero-order valence-electron chi connectivity index (χ0n) is 10.0. The smallest absolute Gasteiger partial charge is 0.124 e. The fourth-order valence-electron chi connectivity index (χ4n) is 2.44. The Labute approximate surface area is 97.7 Å². The van der Waals surface area contributed by atoms with Gasteiger partial charge in [0.15, 0.2) is 0 Å². The predicted octanol–water partition coefficient (Wildman–Crippen LogP) is 3.82. The van der Waals surface area contributed by atoms with Gasteiger partial charge in [-0.05, 0) is 50.4 Å². The zero-order valence-corrected chi connectivity index (χ0v) is 10.0. The molecular weight excluding hydrogens is 198 g/mol. The first-order valence-corrected chi connectivity index (χ1v) is 6.31. The molecule has 1 unspecified atom stereocenters. The van der Waals surface area contributed by atoms with Crippen LogP contribution in [0, 0.1) is 0 Å². The molecule has 2 rings (SSSR count). The van der Waals surface area contributed by atoms with Gasteiger partial charge in [-0.2, -0.15) is 0 Å². The van der Waals surface area contributed by atoms with E-state index in [1.54, 1.807) is 6.26 Å². The largest absolute Gasteiger partial charge is 0.467 e. The molecular formula is C14H21NO. The van der Waals surface area contributed by atoms with Gasteiger partial charge < -0.3 is 9.73 Å². The van der Waals surface area contributed by atoms with Crippen LogP contribution in [0.5, 0.6) is 0 Å². The number of rotatable bonds is 3. The molecule has 16 heavy (non-hydrogen) atoms. The second-order valence-electron chi connectivity index (χ2n) is 4.47. The van der Waals surface area contributed by atoms with Gasteiger partial charge in [0.25, 0.3) is 0 Å². The van der Waals surface area contributed by atoms with Crippen LogP contribution in [0.25, 0.3) is 0 Å². The monoisotopic (exact) mass is 219 g/mol. The maximum absolute atomic E-state index is 5.51. The van der Waals surface area contributed by atoms with Gasteiger partial charge in [-0.3, -0.25) is 0 Å². The highest BCUT2D eigenvalue weighted by atomic mass is 16.3. The molecule has 0 saturated heterocycles. The summed E-state index contributed by atoms with van der Waals surface area (Å²) in [6, 6.07) is 4.29. The Hall–Kier alpha value is -1.02. The van der Waals surface area contributed by atoms with Crippen molar-refractivity contribution in [2.75, 3.05) is 7.05 Å². The van der Waals surface area contributed by atoms with Crippen LogP contribution in [0.3, 0.4) is 0 Å². The lowest BCUT2D eigenvalue weighted by Gasteiger charge is -2.19. The summed E-state index contributed by atoms with van der Waals surface area (Å²) in [6.45, 7) is 0. The molecule has 0 bridgehead atoms. The summed E-state index contributed by atoms with van der Waals surface area (Å²) in [4.78, 5) is 0. The minimum absolute atomic E-state index is 0.271. The van der Waals surface area contributed by atoms with E-state index in [0.29, 0.717) is 0 Å². The third-order valence-electron chi connectivity index (χ3n) is 3.31. The van der Waals surface area contributed by atoms with E-state index < -0.39 is 0 Å². The van der Waals surface area contributed by atoms with E-state index in [4.69, 9.17) is 4.42 Å². The molecule has 1 aliphatic rings. The highest BCUT2D eigenvalue weighted by Gasteiger charge is 2.17. The number of hydrogen-bond acceptors (Lipinski definition) is 2. The van der Waals surface area contributed by atoms with Crippen LogP contribution in [-0.2, 0) is 0 Å². The lowest BCUT2D eigenvalue weighted by atomic mass is 9.94. The molecule has 0 saturated carbocycles. The molecule has 2 heteroatoms. The van der Waals surface area contributed by atoms with E-state index in [-0.39, 0.29) is 6.04 Å². The fraction of sp³-hybridized carbons (Fsp3) is 0.571. The molecule has 0 radical (unpaired) electrons. The second kappa shape index (κ2) is 5.90. The van der Waals surface area contributed by atoms with Gasteiger partial charge in [0.05, 0.1) is 12.3 Å². The van der Waals surface area contributed by atoms with E-state index in [9.17, 15) is 0 Å². The molecule has 1 heterocycles. The van der Waals surface area contributed by atoms with Crippen molar-refractivity contribution in [3.8, 4) is 0 Å². The molecule has 0 aliphatic heterocycles. The van der Waals surface area contributed by atoms with Crippen molar-refractivity contribution < 1.29 is 4.42 Å². The molecule has 1 aromatic heterocycles. The Morgan fingerprint density at radius 2 is 2.12 bits per heavy atom. The predicted molar refractivity (Wildman–Crippen MR) is 66.3 cm³/mol. The quantitative estimate of drug-likeness (QED) is 0.782. The summed E-state index contributed by atoms with van der Waals surface area (Å²) in [5, 5.41) is 3.36. The summed E-state index contributed by atoms with van der Waals surface area (Å²) in [5.41, 5.74) is 1.50. The summed E-state index contributed by atoms with van der Waals surface area (Å²) < 4.78 is 5.51. The molecule has 1 aliphatic carbocycles. The fourth-order valence-corrected chi connectivity index (χ4v) is 2.44. The number of hydrogen-bond donors (Lipinski definition) is 1. The van der Waals surface area contributed by atoms with E-state index in [1.165, 1.54) is 44.1 Å². The average molecular weight is 219 g/mol. The summed E-state index contributed by atoms with van der Waals surface area (Å²) in [7, 11) is 2.01. The minimum Gasteiger partial charge on any atom is -0.467 e. The maximum atomic E-state index is 5.51. The van der Waals surface area contributed by atoms with Crippen LogP contribution in [-0.4, -0.2) is 7.05 Å². The lowest BCUT2D eigenvalue weighted by Crippen LogP contribution is -2.18. The van der Waals surface area contributed by atoms with E-state index in [2.05, 4.69) is 17.5 Å². The molecule has 2 nitrogen and oxygen atoms in total. The van der Waals surface area contributed by atoms with Gasteiger partial charge >= 0.3 is 0 Å². The maximum Gasteiger partial charge on any atom is 0.124 e. The van der Waals surface area contributed by atoms with Crippen molar-refractivity contribution in [2.45, 2.75) is 44.6 Å². The van der Waals surface area contributed by atoms with Crippen molar-refractivity contribution in [2.24, 2.45) is 0 Å². The average Bonchev–Trinajstić information content (AvgIpc) is 2.75. The summed E-state index contributed by atoms with van der Waals surface area (Å²) in [6.07, 6.45) is 12.0. The normalized spacial score (nSPS) is 22.9. The van der Waals surface area contributed by atoms with Gasteiger partial charge in [-0.15, -0.1) is 0 Å². The number of allylic oxidation sites excluding steroid dienone is 1. The van der Waals surface area contributed by atoms with Gasteiger partial charge in [-0.25, -0.2) is 0 Å². The van der Waals surface area contributed by atoms with Gasteiger partial charge in [0.1, 0.15) is 5.76 Å².